The molecule has 0 saturated heterocycles. The Bertz CT molecular complexity index is 1010. The van der Waals surface area contributed by atoms with Crippen LogP contribution >= 0.6 is 0 Å². The van der Waals surface area contributed by atoms with E-state index in [-0.39, 0.29) is 5.69 Å². The second-order valence-electron chi connectivity index (χ2n) is 5.64. The van der Waals surface area contributed by atoms with Crippen LogP contribution in [0.2, 0.25) is 0 Å². The summed E-state index contributed by atoms with van der Waals surface area (Å²) < 4.78 is 68.5. The van der Waals surface area contributed by atoms with Gasteiger partial charge in [-0.2, -0.15) is 18.3 Å². The van der Waals surface area contributed by atoms with Crippen LogP contribution in [0.4, 0.5) is 27.6 Å². The summed E-state index contributed by atoms with van der Waals surface area (Å²) in [6.07, 6.45) is -0.253. The van der Waals surface area contributed by atoms with Crippen molar-refractivity contribution in [2.24, 2.45) is 0 Å². The Hall–Kier alpha value is -3.49. The van der Waals surface area contributed by atoms with Crippen molar-refractivity contribution in [1.29, 1.82) is 0 Å². The van der Waals surface area contributed by atoms with Gasteiger partial charge in [0.2, 0.25) is 5.91 Å². The highest BCUT2D eigenvalue weighted by molar-refractivity contribution is 6.02. The average molecular weight is 393 g/mol. The molecule has 28 heavy (non-hydrogen) atoms. The number of anilines is 1. The first-order valence-corrected chi connectivity index (χ1v) is 7.90. The minimum atomic E-state index is -4.74. The summed E-state index contributed by atoms with van der Waals surface area (Å²) in [5.41, 5.74) is -1.89. The molecular formula is C19H12F5N3O. The van der Waals surface area contributed by atoms with E-state index in [1.807, 2.05) is 0 Å². The number of nitrogens with one attached hydrogen (secondary N) is 1. The number of hydrogen-bond acceptors (Lipinski definition) is 2. The van der Waals surface area contributed by atoms with Gasteiger partial charge in [-0.3, -0.25) is 4.79 Å². The van der Waals surface area contributed by atoms with Gasteiger partial charge in [0, 0.05) is 24.0 Å². The molecule has 0 radical (unpaired) electrons. The van der Waals surface area contributed by atoms with E-state index < -0.39 is 40.5 Å². The summed E-state index contributed by atoms with van der Waals surface area (Å²) in [7, 11) is 0. The molecule has 0 fully saturated rings. The van der Waals surface area contributed by atoms with Crippen LogP contribution in [0.25, 0.3) is 11.8 Å². The minimum Gasteiger partial charge on any atom is -0.322 e. The van der Waals surface area contributed by atoms with Crippen molar-refractivity contribution >= 4 is 17.7 Å². The number of rotatable bonds is 4. The highest BCUT2D eigenvalue weighted by Gasteiger charge is 2.34. The Morgan fingerprint density at radius 2 is 1.79 bits per heavy atom. The van der Waals surface area contributed by atoms with E-state index in [0.717, 1.165) is 42.5 Å². The number of carbonyl (C=O) groups excluding carboxylic acids is 1. The summed E-state index contributed by atoms with van der Waals surface area (Å²) in [5, 5.41) is 5.94. The van der Waals surface area contributed by atoms with E-state index in [9.17, 15) is 26.7 Å². The molecule has 0 bridgehead atoms. The van der Waals surface area contributed by atoms with Gasteiger partial charge in [-0.1, -0.05) is 6.07 Å². The number of nitrogens with zero attached hydrogens (tertiary/aromatic N) is 2. The van der Waals surface area contributed by atoms with Crippen molar-refractivity contribution in [1.82, 2.24) is 9.78 Å². The van der Waals surface area contributed by atoms with Crippen LogP contribution in [0, 0.1) is 11.6 Å². The molecule has 0 aliphatic rings. The SMILES string of the molecule is O=C(/C=C/c1c(F)cccc1F)Nc1ccc(-n2cccn2)cc1C(F)(F)F. The molecule has 2 aromatic carbocycles. The molecule has 3 rings (SSSR count). The van der Waals surface area contributed by atoms with Crippen LogP contribution < -0.4 is 5.32 Å². The molecule has 0 unspecified atom stereocenters. The van der Waals surface area contributed by atoms with E-state index in [2.05, 4.69) is 10.4 Å². The highest BCUT2D eigenvalue weighted by Crippen LogP contribution is 2.36. The number of alkyl halides is 3. The second-order valence-corrected chi connectivity index (χ2v) is 5.64. The fourth-order valence-electron chi connectivity index (χ4n) is 2.44. The molecule has 0 aliphatic carbocycles. The maximum Gasteiger partial charge on any atom is 0.418 e. The summed E-state index contributed by atoms with van der Waals surface area (Å²) in [6, 6.07) is 7.96. The first kappa shape index (κ1) is 19.3. The molecule has 1 N–H and O–H groups in total. The number of benzene rings is 2. The van der Waals surface area contributed by atoms with Gasteiger partial charge in [0.05, 0.1) is 16.9 Å². The van der Waals surface area contributed by atoms with Crippen molar-refractivity contribution in [3.63, 3.8) is 0 Å². The maximum atomic E-state index is 13.5. The van der Waals surface area contributed by atoms with Gasteiger partial charge in [0.1, 0.15) is 11.6 Å². The maximum absolute atomic E-state index is 13.5. The summed E-state index contributed by atoms with van der Waals surface area (Å²) in [6.45, 7) is 0. The zero-order chi connectivity index (χ0) is 20.3. The van der Waals surface area contributed by atoms with Gasteiger partial charge < -0.3 is 5.32 Å². The molecule has 4 nitrogen and oxygen atoms in total. The fourth-order valence-corrected chi connectivity index (χ4v) is 2.44. The highest BCUT2D eigenvalue weighted by atomic mass is 19.4. The summed E-state index contributed by atoms with van der Waals surface area (Å²) in [4.78, 5) is 12.0. The first-order chi connectivity index (χ1) is 13.3. The van der Waals surface area contributed by atoms with Crippen LogP contribution in [0.15, 0.2) is 60.9 Å². The van der Waals surface area contributed by atoms with Gasteiger partial charge >= 0.3 is 6.18 Å². The molecule has 1 aromatic heterocycles. The van der Waals surface area contributed by atoms with Gasteiger partial charge in [-0.05, 0) is 42.5 Å². The zero-order valence-corrected chi connectivity index (χ0v) is 14.0. The lowest BCUT2D eigenvalue weighted by Gasteiger charge is -2.15. The van der Waals surface area contributed by atoms with Gasteiger partial charge in [0.25, 0.3) is 0 Å². The first-order valence-electron chi connectivity index (χ1n) is 7.90. The van der Waals surface area contributed by atoms with Gasteiger partial charge in [0.15, 0.2) is 0 Å². The van der Waals surface area contributed by atoms with Crippen LogP contribution in [0.1, 0.15) is 11.1 Å². The molecule has 0 atom stereocenters. The molecule has 9 heteroatoms. The number of carbonyl (C=O) groups is 1. The van der Waals surface area contributed by atoms with E-state index in [1.165, 1.54) is 23.1 Å². The average Bonchev–Trinajstić information content (AvgIpc) is 3.15. The van der Waals surface area contributed by atoms with Crippen LogP contribution in [0.3, 0.4) is 0 Å². The predicted octanol–water partition coefficient (Wildman–Crippen LogP) is 4.82. The van der Waals surface area contributed by atoms with Crippen molar-refractivity contribution in [3.05, 3.63) is 83.7 Å². The Balaban J connectivity index is 1.87. The number of aromatic nitrogens is 2. The second kappa shape index (κ2) is 7.63. The lowest BCUT2D eigenvalue weighted by atomic mass is 10.1. The lowest BCUT2D eigenvalue weighted by molar-refractivity contribution is -0.137. The quantitative estimate of drug-likeness (QED) is 0.510. The molecule has 144 valence electrons. The van der Waals surface area contributed by atoms with Gasteiger partial charge in [-0.25, -0.2) is 13.5 Å². The molecule has 0 spiro atoms. The van der Waals surface area contributed by atoms with E-state index in [4.69, 9.17) is 0 Å². The Labute approximate surface area is 155 Å². The monoisotopic (exact) mass is 393 g/mol. The van der Waals surface area contributed by atoms with E-state index in [1.54, 1.807) is 6.07 Å². The standard InChI is InChI=1S/C19H12F5N3O/c20-15-3-1-4-16(21)13(15)6-8-18(28)26-17-7-5-12(27-10-2-9-25-27)11-14(17)19(22,23)24/h1-11H,(H,26,28)/b8-6+. The predicted molar refractivity (Wildman–Crippen MR) is 92.6 cm³/mol. The third kappa shape index (κ3) is 4.25. The van der Waals surface area contributed by atoms with Crippen molar-refractivity contribution in [2.75, 3.05) is 5.32 Å². The minimum absolute atomic E-state index is 0.152. The van der Waals surface area contributed by atoms with E-state index >= 15 is 0 Å². The fraction of sp³-hybridized carbons (Fsp3) is 0.0526. The summed E-state index contributed by atoms with van der Waals surface area (Å²) in [5.74, 6) is -2.77. The third-order valence-electron chi connectivity index (χ3n) is 3.74. The lowest BCUT2D eigenvalue weighted by Crippen LogP contribution is -2.15. The third-order valence-corrected chi connectivity index (χ3v) is 3.74. The van der Waals surface area contributed by atoms with Crippen LogP contribution in [-0.2, 0) is 11.0 Å². The molecular weight excluding hydrogens is 381 g/mol. The number of hydrogen-bond donors (Lipinski definition) is 1. The topological polar surface area (TPSA) is 46.9 Å². The van der Waals surface area contributed by atoms with Crippen molar-refractivity contribution < 1.29 is 26.7 Å². The molecule has 0 saturated carbocycles. The van der Waals surface area contributed by atoms with E-state index in [0.29, 0.717) is 0 Å². The Morgan fingerprint density at radius 3 is 2.39 bits per heavy atom. The van der Waals surface area contributed by atoms with Crippen molar-refractivity contribution in [2.45, 2.75) is 6.18 Å². The van der Waals surface area contributed by atoms with Crippen molar-refractivity contribution in [3.8, 4) is 5.69 Å². The van der Waals surface area contributed by atoms with Gasteiger partial charge in [-0.15, -0.1) is 0 Å². The number of halogens is 5. The smallest absolute Gasteiger partial charge is 0.322 e. The normalized spacial score (nSPS) is 11.8. The summed E-state index contributed by atoms with van der Waals surface area (Å²) >= 11 is 0. The molecule has 1 heterocycles. The molecule has 3 aromatic rings. The number of amides is 1. The van der Waals surface area contributed by atoms with Crippen LogP contribution in [-0.4, -0.2) is 15.7 Å². The Kier molecular flexibility index (Phi) is 5.25. The Morgan fingerprint density at radius 1 is 1.07 bits per heavy atom. The van der Waals surface area contributed by atoms with Crippen LogP contribution in [0.5, 0.6) is 0 Å². The largest absolute Gasteiger partial charge is 0.418 e. The zero-order valence-electron chi connectivity index (χ0n) is 14.0. The molecule has 1 amide bonds. The molecule has 0 aliphatic heterocycles.